The number of nitrogens with one attached hydrogen (secondary N) is 2. The van der Waals surface area contributed by atoms with Crippen molar-refractivity contribution in [1.82, 2.24) is 5.32 Å². The summed E-state index contributed by atoms with van der Waals surface area (Å²) in [5.41, 5.74) is 1.17. The summed E-state index contributed by atoms with van der Waals surface area (Å²) >= 11 is 3.41. The van der Waals surface area contributed by atoms with Gasteiger partial charge in [0.1, 0.15) is 13.2 Å². The first-order valence-electron chi connectivity index (χ1n) is 7.86. The third-order valence-corrected chi connectivity index (χ3v) is 4.24. The van der Waals surface area contributed by atoms with Crippen molar-refractivity contribution in [3.05, 3.63) is 52.5 Å². The zero-order valence-corrected chi connectivity index (χ0v) is 15.0. The molecule has 1 aliphatic heterocycles. The Labute approximate surface area is 153 Å². The van der Waals surface area contributed by atoms with E-state index in [1.807, 2.05) is 6.07 Å². The highest BCUT2D eigenvalue weighted by molar-refractivity contribution is 9.10. The summed E-state index contributed by atoms with van der Waals surface area (Å²) in [7, 11) is 0. The van der Waals surface area contributed by atoms with Gasteiger partial charge in [-0.1, -0.05) is 18.2 Å². The van der Waals surface area contributed by atoms with Crippen molar-refractivity contribution in [3.63, 3.8) is 0 Å². The number of hydrogen-bond acceptors (Lipinski definition) is 4. The van der Waals surface area contributed by atoms with Crippen LogP contribution in [0.15, 0.2) is 46.9 Å². The minimum absolute atomic E-state index is 0.166. The number of hydrogen-bond donors (Lipinski definition) is 2. The molecule has 2 aromatic rings. The molecule has 0 spiro atoms. The molecular formula is C18H17BrN2O4. The van der Waals surface area contributed by atoms with Crippen LogP contribution in [0.3, 0.4) is 0 Å². The van der Waals surface area contributed by atoms with Gasteiger partial charge in [-0.3, -0.25) is 9.59 Å². The van der Waals surface area contributed by atoms with Crippen LogP contribution in [0.25, 0.3) is 0 Å². The molecule has 1 aliphatic rings. The van der Waals surface area contributed by atoms with Crippen LogP contribution in [-0.2, 0) is 4.79 Å². The lowest BCUT2D eigenvalue weighted by Gasteiger charge is -2.20. The number of ether oxygens (including phenoxy) is 2. The lowest BCUT2D eigenvalue weighted by atomic mass is 10.2. The van der Waals surface area contributed by atoms with Crippen molar-refractivity contribution in [3.8, 4) is 11.5 Å². The summed E-state index contributed by atoms with van der Waals surface area (Å²) in [5, 5.41) is 5.53. The van der Waals surface area contributed by atoms with Crippen molar-refractivity contribution < 1.29 is 19.1 Å². The second kappa shape index (κ2) is 8.02. The van der Waals surface area contributed by atoms with E-state index >= 15 is 0 Å². The van der Waals surface area contributed by atoms with Gasteiger partial charge in [0.15, 0.2) is 11.5 Å². The summed E-state index contributed by atoms with van der Waals surface area (Å²) in [6, 6.07) is 12.4. The van der Waals surface area contributed by atoms with Crippen molar-refractivity contribution in [2.75, 3.05) is 25.1 Å². The van der Waals surface area contributed by atoms with E-state index < -0.39 is 0 Å². The van der Waals surface area contributed by atoms with E-state index in [4.69, 9.17) is 9.47 Å². The maximum atomic E-state index is 12.1. The minimum atomic E-state index is -0.203. The molecule has 7 heteroatoms. The van der Waals surface area contributed by atoms with Crippen LogP contribution in [0.4, 0.5) is 5.69 Å². The number of anilines is 1. The van der Waals surface area contributed by atoms with Gasteiger partial charge in [-0.05, 0) is 28.1 Å². The van der Waals surface area contributed by atoms with Crippen LogP contribution in [0.5, 0.6) is 11.5 Å². The highest BCUT2D eigenvalue weighted by Crippen LogP contribution is 2.38. The molecule has 0 atom stereocenters. The van der Waals surface area contributed by atoms with Crippen LogP contribution in [0, 0.1) is 0 Å². The fourth-order valence-corrected chi connectivity index (χ4v) is 2.78. The van der Waals surface area contributed by atoms with Gasteiger partial charge in [0, 0.05) is 35.1 Å². The molecule has 25 heavy (non-hydrogen) atoms. The quantitative estimate of drug-likeness (QED) is 0.802. The Kier molecular flexibility index (Phi) is 5.55. The van der Waals surface area contributed by atoms with E-state index in [1.165, 1.54) is 0 Å². The zero-order valence-electron chi connectivity index (χ0n) is 13.4. The Morgan fingerprint density at radius 2 is 1.72 bits per heavy atom. The molecule has 2 amide bonds. The average Bonchev–Trinajstić information content (AvgIpc) is 2.63. The Morgan fingerprint density at radius 3 is 2.44 bits per heavy atom. The minimum Gasteiger partial charge on any atom is -0.486 e. The Bertz CT molecular complexity index is 780. The molecule has 6 nitrogen and oxygen atoms in total. The first kappa shape index (κ1) is 17.3. The monoisotopic (exact) mass is 404 g/mol. The molecule has 0 bridgehead atoms. The van der Waals surface area contributed by atoms with Gasteiger partial charge in [-0.15, -0.1) is 0 Å². The van der Waals surface area contributed by atoms with Crippen LogP contribution >= 0.6 is 15.9 Å². The topological polar surface area (TPSA) is 76.7 Å². The van der Waals surface area contributed by atoms with E-state index in [0.29, 0.717) is 40.4 Å². The summed E-state index contributed by atoms with van der Waals surface area (Å²) in [6.07, 6.45) is 0.166. The first-order valence-corrected chi connectivity index (χ1v) is 8.65. The maximum absolute atomic E-state index is 12.1. The summed E-state index contributed by atoms with van der Waals surface area (Å²) in [4.78, 5) is 24.0. The molecule has 1 heterocycles. The molecular weight excluding hydrogens is 388 g/mol. The van der Waals surface area contributed by atoms with E-state index in [9.17, 15) is 9.59 Å². The molecule has 0 fully saturated rings. The van der Waals surface area contributed by atoms with Crippen molar-refractivity contribution >= 4 is 33.4 Å². The predicted octanol–water partition coefficient (Wildman–Crippen LogP) is 2.98. The molecule has 0 saturated heterocycles. The SMILES string of the molecule is O=C(CCNC(=O)c1ccccc1)Nc1cc2c(cc1Br)OCCO2. The summed E-state index contributed by atoms with van der Waals surface area (Å²) in [5.74, 6) is 0.841. The number of carbonyl (C=O) groups excluding carboxylic acids is 2. The molecule has 0 radical (unpaired) electrons. The largest absolute Gasteiger partial charge is 0.486 e. The van der Waals surface area contributed by atoms with Crippen molar-refractivity contribution in [2.24, 2.45) is 0 Å². The number of fused-ring (bicyclic) bond motifs is 1. The fourth-order valence-electron chi connectivity index (χ4n) is 2.35. The molecule has 0 saturated carbocycles. The number of halogens is 1. The third-order valence-electron chi connectivity index (χ3n) is 3.58. The lowest BCUT2D eigenvalue weighted by molar-refractivity contribution is -0.116. The number of amides is 2. The fraction of sp³-hybridized carbons (Fsp3) is 0.222. The highest BCUT2D eigenvalue weighted by Gasteiger charge is 2.16. The second-order valence-electron chi connectivity index (χ2n) is 5.40. The summed E-state index contributed by atoms with van der Waals surface area (Å²) < 4.78 is 11.7. The average molecular weight is 405 g/mol. The normalized spacial score (nSPS) is 12.4. The summed E-state index contributed by atoms with van der Waals surface area (Å²) in [6.45, 7) is 1.24. The number of carbonyl (C=O) groups is 2. The number of rotatable bonds is 5. The Hall–Kier alpha value is -2.54. The maximum Gasteiger partial charge on any atom is 0.251 e. The van der Waals surface area contributed by atoms with Crippen molar-refractivity contribution in [2.45, 2.75) is 6.42 Å². The van der Waals surface area contributed by atoms with Crippen LogP contribution in [-0.4, -0.2) is 31.6 Å². The molecule has 2 N–H and O–H groups in total. The molecule has 0 aliphatic carbocycles. The van der Waals surface area contributed by atoms with Gasteiger partial charge in [-0.25, -0.2) is 0 Å². The molecule has 2 aromatic carbocycles. The predicted molar refractivity (Wildman–Crippen MR) is 97.2 cm³/mol. The van der Waals surface area contributed by atoms with E-state index in [1.54, 1.807) is 36.4 Å². The standard InChI is InChI=1S/C18H17BrN2O4/c19-13-10-15-16(25-9-8-24-15)11-14(13)21-17(22)6-7-20-18(23)12-4-2-1-3-5-12/h1-5,10-11H,6-9H2,(H,20,23)(H,21,22). The van der Waals surface area contributed by atoms with E-state index in [-0.39, 0.29) is 24.8 Å². The Balaban J connectivity index is 1.52. The zero-order chi connectivity index (χ0) is 17.6. The third kappa shape index (κ3) is 4.51. The van der Waals surface area contributed by atoms with Gasteiger partial charge in [0.25, 0.3) is 5.91 Å². The Morgan fingerprint density at radius 1 is 1.04 bits per heavy atom. The van der Waals surface area contributed by atoms with Crippen molar-refractivity contribution in [1.29, 1.82) is 0 Å². The highest BCUT2D eigenvalue weighted by atomic mass is 79.9. The van der Waals surface area contributed by atoms with Crippen LogP contribution in [0.2, 0.25) is 0 Å². The number of benzene rings is 2. The lowest BCUT2D eigenvalue weighted by Crippen LogP contribution is -2.27. The molecule has 0 unspecified atom stereocenters. The smallest absolute Gasteiger partial charge is 0.251 e. The second-order valence-corrected chi connectivity index (χ2v) is 6.25. The van der Waals surface area contributed by atoms with Gasteiger partial charge in [-0.2, -0.15) is 0 Å². The van der Waals surface area contributed by atoms with Gasteiger partial charge >= 0.3 is 0 Å². The van der Waals surface area contributed by atoms with Gasteiger partial charge < -0.3 is 20.1 Å². The van der Waals surface area contributed by atoms with Gasteiger partial charge in [0.05, 0.1) is 5.69 Å². The van der Waals surface area contributed by atoms with E-state index in [0.717, 1.165) is 0 Å². The van der Waals surface area contributed by atoms with Crippen LogP contribution < -0.4 is 20.1 Å². The van der Waals surface area contributed by atoms with Gasteiger partial charge in [0.2, 0.25) is 5.91 Å². The first-order chi connectivity index (χ1) is 12.1. The molecule has 3 rings (SSSR count). The van der Waals surface area contributed by atoms with Crippen LogP contribution in [0.1, 0.15) is 16.8 Å². The van der Waals surface area contributed by atoms with E-state index in [2.05, 4.69) is 26.6 Å². The molecule has 130 valence electrons. The molecule has 0 aromatic heterocycles.